The number of thiophene rings is 1. The van der Waals surface area contributed by atoms with Crippen molar-refractivity contribution < 1.29 is 0 Å². The lowest BCUT2D eigenvalue weighted by Crippen LogP contribution is -2.26. The van der Waals surface area contributed by atoms with Gasteiger partial charge < -0.3 is 4.90 Å². The highest BCUT2D eigenvalue weighted by Gasteiger charge is 2.48. The summed E-state index contributed by atoms with van der Waals surface area (Å²) in [5, 5.41) is 2.66. The van der Waals surface area contributed by atoms with Crippen molar-refractivity contribution >= 4 is 48.6 Å². The van der Waals surface area contributed by atoms with Crippen molar-refractivity contribution in [1.29, 1.82) is 0 Å². The molecule has 0 amide bonds. The summed E-state index contributed by atoms with van der Waals surface area (Å²) in [4.78, 5) is 2.55. The summed E-state index contributed by atoms with van der Waals surface area (Å²) >= 11 is 1.87. The normalized spacial score (nSPS) is 14.4. The van der Waals surface area contributed by atoms with Crippen LogP contribution in [0.2, 0.25) is 0 Å². The number of para-hydroxylation sites is 2. The maximum atomic E-state index is 2.55. The van der Waals surface area contributed by atoms with Gasteiger partial charge in [0.1, 0.15) is 0 Å². The molecule has 268 valence electrons. The van der Waals surface area contributed by atoms with Crippen molar-refractivity contribution in [2.75, 3.05) is 4.90 Å². The molecule has 0 atom stereocenters. The van der Waals surface area contributed by atoms with E-state index in [2.05, 4.69) is 209 Å². The molecule has 0 radical (unpaired) electrons. The molecule has 0 aliphatic heterocycles. The minimum Gasteiger partial charge on any atom is -0.310 e. The lowest BCUT2D eigenvalue weighted by Gasteiger charge is -2.38. The fourth-order valence-electron chi connectivity index (χ4n) is 10.1. The Labute approximate surface area is 333 Å². The van der Waals surface area contributed by atoms with Crippen molar-refractivity contribution in [3.63, 3.8) is 0 Å². The molecule has 0 N–H and O–H groups in total. The van der Waals surface area contributed by atoms with Crippen molar-refractivity contribution in [2.24, 2.45) is 0 Å². The zero-order valence-electron chi connectivity index (χ0n) is 32.1. The smallest absolute Gasteiger partial charge is 0.0556 e. The molecule has 0 saturated carbocycles. The van der Waals surface area contributed by atoms with Gasteiger partial charge in [-0.05, 0) is 109 Å². The summed E-state index contributed by atoms with van der Waals surface area (Å²) in [6.45, 7) is 9.75. The van der Waals surface area contributed by atoms with E-state index >= 15 is 0 Å². The predicted molar refractivity (Wildman–Crippen MR) is 240 cm³/mol. The van der Waals surface area contributed by atoms with Crippen LogP contribution < -0.4 is 4.90 Å². The molecule has 2 aliphatic carbocycles. The third kappa shape index (κ3) is 4.66. The Morgan fingerprint density at radius 1 is 0.393 bits per heavy atom. The quantitative estimate of drug-likeness (QED) is 0.170. The standard InChI is InChI=1S/C54H41NS/c1-53(2)43-24-14-11-22-40(43)48-47(35-29-27-34(28-30-35)36-31-32-46-42(33-36)39-21-13-16-26-45(39)56-46)49-41-23-12-15-25-44(41)54(3,4)51(49)52(50(48)53)55(37-17-7-5-8-18-37)38-19-9-6-10-20-38/h5-33H,1-4H3. The zero-order chi connectivity index (χ0) is 37.8. The Bertz CT molecular complexity index is 2880. The summed E-state index contributed by atoms with van der Waals surface area (Å²) < 4.78 is 2.67. The topological polar surface area (TPSA) is 3.24 Å². The highest BCUT2D eigenvalue weighted by Crippen LogP contribution is 2.66. The Morgan fingerprint density at radius 2 is 0.857 bits per heavy atom. The first-order valence-corrected chi connectivity index (χ1v) is 20.5. The number of rotatable bonds is 5. The van der Waals surface area contributed by atoms with E-state index in [0.29, 0.717) is 0 Å². The minimum atomic E-state index is -0.267. The summed E-state index contributed by atoms with van der Waals surface area (Å²) in [5.41, 5.74) is 19.0. The molecule has 11 rings (SSSR count). The van der Waals surface area contributed by atoms with Gasteiger partial charge in [-0.15, -0.1) is 11.3 Å². The summed E-state index contributed by atoms with van der Waals surface area (Å²) in [5.74, 6) is 0. The number of hydrogen-bond acceptors (Lipinski definition) is 2. The molecule has 9 aromatic rings. The molecule has 2 aliphatic rings. The molecule has 8 aromatic carbocycles. The first kappa shape index (κ1) is 33.1. The van der Waals surface area contributed by atoms with E-state index < -0.39 is 0 Å². The van der Waals surface area contributed by atoms with Gasteiger partial charge in [0.2, 0.25) is 0 Å². The fraction of sp³-hybridized carbons (Fsp3) is 0.111. The number of hydrogen-bond donors (Lipinski definition) is 0. The average molecular weight is 736 g/mol. The van der Waals surface area contributed by atoms with Gasteiger partial charge in [-0.25, -0.2) is 0 Å². The molecule has 0 fully saturated rings. The van der Waals surface area contributed by atoms with Crippen molar-refractivity contribution in [3.05, 3.63) is 198 Å². The maximum Gasteiger partial charge on any atom is 0.0556 e. The van der Waals surface area contributed by atoms with Crippen LogP contribution in [0.25, 0.3) is 64.7 Å². The highest BCUT2D eigenvalue weighted by molar-refractivity contribution is 7.25. The van der Waals surface area contributed by atoms with Crippen LogP contribution in [0.3, 0.4) is 0 Å². The number of anilines is 3. The number of benzene rings is 8. The van der Waals surface area contributed by atoms with Gasteiger partial charge in [0.15, 0.2) is 0 Å². The van der Waals surface area contributed by atoms with Gasteiger partial charge in [0.25, 0.3) is 0 Å². The number of fused-ring (bicyclic) bond motifs is 9. The first-order valence-electron chi connectivity index (χ1n) is 19.7. The van der Waals surface area contributed by atoms with Crippen LogP contribution >= 0.6 is 11.3 Å². The SMILES string of the molecule is CC1(C)c2ccccc2-c2c(-c3ccc(-c4ccc5sc6ccccc6c5c4)cc3)c3c(c(N(c4ccccc4)c4ccccc4)c21)C(C)(C)c1ccccc1-3. The van der Waals surface area contributed by atoms with E-state index in [4.69, 9.17) is 0 Å². The molecule has 1 aromatic heterocycles. The van der Waals surface area contributed by atoms with Crippen molar-refractivity contribution in [3.8, 4) is 44.5 Å². The average Bonchev–Trinajstić information content (AvgIpc) is 3.81. The molecule has 56 heavy (non-hydrogen) atoms. The Morgan fingerprint density at radius 3 is 1.45 bits per heavy atom. The number of nitrogens with zero attached hydrogens (tertiary/aromatic N) is 1. The lowest BCUT2D eigenvalue weighted by atomic mass is 9.73. The van der Waals surface area contributed by atoms with E-state index in [1.54, 1.807) is 0 Å². The van der Waals surface area contributed by atoms with Crippen molar-refractivity contribution in [2.45, 2.75) is 38.5 Å². The summed E-state index contributed by atoms with van der Waals surface area (Å²) in [7, 11) is 0. The monoisotopic (exact) mass is 735 g/mol. The Hall–Kier alpha value is -6.22. The second kappa shape index (κ2) is 12.1. The van der Waals surface area contributed by atoms with Crippen LogP contribution in [0.15, 0.2) is 176 Å². The fourth-order valence-corrected chi connectivity index (χ4v) is 11.1. The maximum absolute atomic E-state index is 2.55. The lowest BCUT2D eigenvalue weighted by molar-refractivity contribution is 0.640. The van der Waals surface area contributed by atoms with Crippen LogP contribution in [0.5, 0.6) is 0 Å². The van der Waals surface area contributed by atoms with Crippen LogP contribution in [0, 0.1) is 0 Å². The van der Waals surface area contributed by atoms with Crippen LogP contribution in [0.1, 0.15) is 49.9 Å². The second-order valence-corrected chi connectivity index (χ2v) is 17.5. The predicted octanol–water partition coefficient (Wildman–Crippen LogP) is 15.5. The first-order chi connectivity index (χ1) is 27.3. The molecule has 1 heterocycles. The molecule has 0 saturated heterocycles. The van der Waals surface area contributed by atoms with Crippen LogP contribution in [-0.2, 0) is 10.8 Å². The van der Waals surface area contributed by atoms with Gasteiger partial charge in [-0.2, -0.15) is 0 Å². The Balaban J connectivity index is 1.23. The summed E-state index contributed by atoms with van der Waals surface area (Å²) in [6, 6.07) is 65.4. The van der Waals surface area contributed by atoms with Gasteiger partial charge in [0, 0.05) is 42.4 Å². The molecule has 0 unspecified atom stereocenters. The molecule has 0 bridgehead atoms. The highest BCUT2D eigenvalue weighted by atomic mass is 32.1. The largest absolute Gasteiger partial charge is 0.310 e. The third-order valence-electron chi connectivity index (χ3n) is 12.6. The van der Waals surface area contributed by atoms with E-state index in [1.165, 1.54) is 92.6 Å². The molecule has 0 spiro atoms. The third-order valence-corrected chi connectivity index (χ3v) is 13.8. The van der Waals surface area contributed by atoms with Gasteiger partial charge >= 0.3 is 0 Å². The molecule has 2 heteroatoms. The molecular formula is C54H41NS. The van der Waals surface area contributed by atoms with E-state index in [0.717, 1.165) is 11.4 Å². The minimum absolute atomic E-state index is 0.267. The van der Waals surface area contributed by atoms with Gasteiger partial charge in [-0.1, -0.05) is 161 Å². The second-order valence-electron chi connectivity index (χ2n) is 16.5. The van der Waals surface area contributed by atoms with Crippen LogP contribution in [-0.4, -0.2) is 0 Å². The van der Waals surface area contributed by atoms with E-state index in [1.807, 2.05) is 11.3 Å². The Kier molecular flexibility index (Phi) is 7.18. The van der Waals surface area contributed by atoms with Crippen molar-refractivity contribution in [1.82, 2.24) is 0 Å². The van der Waals surface area contributed by atoms with Gasteiger partial charge in [-0.3, -0.25) is 0 Å². The van der Waals surface area contributed by atoms with E-state index in [9.17, 15) is 0 Å². The zero-order valence-corrected chi connectivity index (χ0v) is 32.9. The summed E-state index contributed by atoms with van der Waals surface area (Å²) in [6.07, 6.45) is 0. The van der Waals surface area contributed by atoms with E-state index in [-0.39, 0.29) is 10.8 Å². The van der Waals surface area contributed by atoms with Gasteiger partial charge in [0.05, 0.1) is 5.69 Å². The molecule has 1 nitrogen and oxygen atoms in total. The molecular weight excluding hydrogens is 695 g/mol. The van der Waals surface area contributed by atoms with Crippen LogP contribution in [0.4, 0.5) is 17.1 Å².